The summed E-state index contributed by atoms with van der Waals surface area (Å²) in [5.74, 6) is 0.999. The molecular weight excluding hydrogens is 248 g/mol. The lowest BCUT2D eigenvalue weighted by atomic mass is 9.82. The van der Waals surface area contributed by atoms with Crippen molar-refractivity contribution in [2.24, 2.45) is 5.73 Å². The van der Waals surface area contributed by atoms with E-state index >= 15 is 0 Å². The fourth-order valence-electron chi connectivity index (χ4n) is 2.51. The molecule has 108 valence electrons. The van der Waals surface area contributed by atoms with Crippen molar-refractivity contribution in [2.75, 3.05) is 19.6 Å². The molecule has 0 bridgehead atoms. The number of likely N-dealkylation sites (N-methyl/N-ethyl adjacent to an activating group) is 1. The normalized spacial score (nSPS) is 14.4. The van der Waals surface area contributed by atoms with Gasteiger partial charge in [-0.25, -0.2) is 0 Å². The van der Waals surface area contributed by atoms with Gasteiger partial charge in [0.05, 0.1) is 12.8 Å². The molecule has 0 aliphatic heterocycles. The van der Waals surface area contributed by atoms with E-state index in [1.165, 1.54) is 5.56 Å². The molecule has 0 fully saturated rings. The van der Waals surface area contributed by atoms with E-state index in [0.717, 1.165) is 25.4 Å². The third kappa shape index (κ3) is 3.50. The SMILES string of the molecule is CCN(Cc1ccco1)CC(C)(CN)c1ccccc1. The summed E-state index contributed by atoms with van der Waals surface area (Å²) in [7, 11) is 0. The monoisotopic (exact) mass is 272 g/mol. The Labute approximate surface area is 121 Å². The summed E-state index contributed by atoms with van der Waals surface area (Å²) in [6.45, 7) is 7.75. The van der Waals surface area contributed by atoms with Gasteiger partial charge in [0, 0.05) is 18.5 Å². The molecule has 0 saturated heterocycles. The van der Waals surface area contributed by atoms with Crippen molar-refractivity contribution >= 4 is 0 Å². The minimum Gasteiger partial charge on any atom is -0.468 e. The maximum absolute atomic E-state index is 6.07. The lowest BCUT2D eigenvalue weighted by molar-refractivity contribution is 0.205. The summed E-state index contributed by atoms with van der Waals surface area (Å²) in [4.78, 5) is 2.37. The molecule has 1 aromatic heterocycles. The summed E-state index contributed by atoms with van der Waals surface area (Å²) in [6, 6.07) is 14.5. The van der Waals surface area contributed by atoms with Gasteiger partial charge in [-0.1, -0.05) is 44.2 Å². The van der Waals surface area contributed by atoms with Gasteiger partial charge in [-0.15, -0.1) is 0 Å². The number of nitrogens with two attached hydrogens (primary N) is 1. The van der Waals surface area contributed by atoms with Gasteiger partial charge in [0.1, 0.15) is 5.76 Å². The van der Waals surface area contributed by atoms with Crippen LogP contribution in [0.3, 0.4) is 0 Å². The topological polar surface area (TPSA) is 42.4 Å². The average molecular weight is 272 g/mol. The fourth-order valence-corrected chi connectivity index (χ4v) is 2.51. The highest BCUT2D eigenvalue weighted by molar-refractivity contribution is 5.25. The summed E-state index contributed by atoms with van der Waals surface area (Å²) in [6.07, 6.45) is 1.72. The molecule has 1 atom stereocenters. The third-order valence-corrected chi connectivity index (χ3v) is 3.90. The first-order valence-corrected chi connectivity index (χ1v) is 7.18. The molecule has 1 aromatic carbocycles. The number of benzene rings is 1. The van der Waals surface area contributed by atoms with Crippen LogP contribution in [-0.4, -0.2) is 24.5 Å². The first-order chi connectivity index (χ1) is 9.68. The highest BCUT2D eigenvalue weighted by Crippen LogP contribution is 2.24. The Hall–Kier alpha value is -1.58. The number of hydrogen-bond acceptors (Lipinski definition) is 3. The second-order valence-corrected chi connectivity index (χ2v) is 5.51. The molecule has 2 rings (SSSR count). The molecule has 0 aliphatic carbocycles. The van der Waals surface area contributed by atoms with Gasteiger partial charge in [-0.2, -0.15) is 0 Å². The van der Waals surface area contributed by atoms with Crippen LogP contribution in [0.2, 0.25) is 0 Å². The van der Waals surface area contributed by atoms with Crippen molar-refractivity contribution in [1.29, 1.82) is 0 Å². The molecule has 0 spiro atoms. The minimum atomic E-state index is -0.0378. The molecule has 3 heteroatoms. The largest absolute Gasteiger partial charge is 0.468 e. The molecule has 0 radical (unpaired) electrons. The lowest BCUT2D eigenvalue weighted by Gasteiger charge is -2.34. The van der Waals surface area contributed by atoms with Gasteiger partial charge >= 0.3 is 0 Å². The summed E-state index contributed by atoms with van der Waals surface area (Å²) >= 11 is 0. The van der Waals surface area contributed by atoms with E-state index in [4.69, 9.17) is 10.2 Å². The average Bonchev–Trinajstić information content (AvgIpc) is 3.00. The van der Waals surface area contributed by atoms with Crippen molar-refractivity contribution in [3.8, 4) is 0 Å². The fraction of sp³-hybridized carbons (Fsp3) is 0.412. The Bertz CT molecular complexity index is 495. The molecule has 0 amide bonds. The van der Waals surface area contributed by atoms with Crippen LogP contribution in [0.1, 0.15) is 25.2 Å². The van der Waals surface area contributed by atoms with E-state index in [2.05, 4.69) is 43.0 Å². The van der Waals surface area contributed by atoms with Crippen molar-refractivity contribution < 1.29 is 4.42 Å². The highest BCUT2D eigenvalue weighted by Gasteiger charge is 2.27. The second-order valence-electron chi connectivity index (χ2n) is 5.51. The van der Waals surface area contributed by atoms with Crippen LogP contribution in [-0.2, 0) is 12.0 Å². The zero-order chi connectivity index (χ0) is 14.4. The zero-order valence-electron chi connectivity index (χ0n) is 12.4. The van der Waals surface area contributed by atoms with Gasteiger partial charge in [0.2, 0.25) is 0 Å². The predicted molar refractivity (Wildman–Crippen MR) is 82.5 cm³/mol. The van der Waals surface area contributed by atoms with Crippen molar-refractivity contribution in [3.63, 3.8) is 0 Å². The van der Waals surface area contributed by atoms with E-state index in [9.17, 15) is 0 Å². The predicted octanol–water partition coefficient (Wildman–Crippen LogP) is 3.02. The van der Waals surface area contributed by atoms with Crippen LogP contribution in [0.5, 0.6) is 0 Å². The van der Waals surface area contributed by atoms with Crippen LogP contribution in [0.25, 0.3) is 0 Å². The Morgan fingerprint density at radius 2 is 1.90 bits per heavy atom. The van der Waals surface area contributed by atoms with Crippen LogP contribution in [0, 0.1) is 0 Å². The maximum Gasteiger partial charge on any atom is 0.117 e. The van der Waals surface area contributed by atoms with E-state index < -0.39 is 0 Å². The minimum absolute atomic E-state index is 0.0378. The van der Waals surface area contributed by atoms with Gasteiger partial charge in [0.25, 0.3) is 0 Å². The highest BCUT2D eigenvalue weighted by atomic mass is 16.3. The Morgan fingerprint density at radius 1 is 1.15 bits per heavy atom. The van der Waals surface area contributed by atoms with Crippen molar-refractivity contribution in [3.05, 3.63) is 60.1 Å². The van der Waals surface area contributed by atoms with Crippen LogP contribution in [0.4, 0.5) is 0 Å². The Balaban J connectivity index is 2.11. The second kappa shape index (κ2) is 6.73. The first-order valence-electron chi connectivity index (χ1n) is 7.18. The zero-order valence-corrected chi connectivity index (χ0v) is 12.4. The molecule has 1 unspecified atom stereocenters. The summed E-state index contributed by atoms with van der Waals surface area (Å²) in [5.41, 5.74) is 7.32. The van der Waals surface area contributed by atoms with Crippen molar-refractivity contribution in [2.45, 2.75) is 25.8 Å². The standard InChI is InChI=1S/C17H24N2O/c1-3-19(12-16-10-7-11-20-16)14-17(2,13-18)15-8-5-4-6-9-15/h4-11H,3,12-14,18H2,1-2H3. The number of hydrogen-bond donors (Lipinski definition) is 1. The maximum atomic E-state index is 6.07. The smallest absolute Gasteiger partial charge is 0.117 e. The van der Waals surface area contributed by atoms with Crippen LogP contribution < -0.4 is 5.73 Å². The lowest BCUT2D eigenvalue weighted by Crippen LogP contribution is -2.43. The number of nitrogens with zero attached hydrogens (tertiary/aromatic N) is 1. The molecule has 0 aliphatic rings. The molecule has 20 heavy (non-hydrogen) atoms. The van der Waals surface area contributed by atoms with Gasteiger partial charge < -0.3 is 10.2 Å². The first kappa shape index (κ1) is 14.8. The molecule has 3 nitrogen and oxygen atoms in total. The van der Waals surface area contributed by atoms with Crippen molar-refractivity contribution in [1.82, 2.24) is 4.90 Å². The van der Waals surface area contributed by atoms with Gasteiger partial charge in [-0.3, -0.25) is 4.90 Å². The Kier molecular flexibility index (Phi) is 4.99. The molecule has 0 saturated carbocycles. The number of furan rings is 1. The number of rotatable bonds is 7. The summed E-state index contributed by atoms with van der Waals surface area (Å²) < 4.78 is 5.45. The summed E-state index contributed by atoms with van der Waals surface area (Å²) in [5, 5.41) is 0. The van der Waals surface area contributed by atoms with Gasteiger partial charge in [-0.05, 0) is 24.2 Å². The van der Waals surface area contributed by atoms with Crippen LogP contribution in [0.15, 0.2) is 53.1 Å². The molecule has 1 heterocycles. The molecule has 2 aromatic rings. The van der Waals surface area contributed by atoms with Crippen LogP contribution >= 0.6 is 0 Å². The third-order valence-electron chi connectivity index (χ3n) is 3.90. The van der Waals surface area contributed by atoms with Gasteiger partial charge in [0.15, 0.2) is 0 Å². The molecule has 2 N–H and O–H groups in total. The van der Waals surface area contributed by atoms with E-state index in [1.54, 1.807) is 6.26 Å². The van der Waals surface area contributed by atoms with E-state index in [-0.39, 0.29) is 5.41 Å². The van der Waals surface area contributed by atoms with E-state index in [1.807, 2.05) is 18.2 Å². The molecular formula is C17H24N2O. The Morgan fingerprint density at radius 3 is 2.45 bits per heavy atom. The van der Waals surface area contributed by atoms with E-state index in [0.29, 0.717) is 6.54 Å². The quantitative estimate of drug-likeness (QED) is 0.842.